The smallest absolute Gasteiger partial charge is 0.320 e. The summed E-state index contributed by atoms with van der Waals surface area (Å²) in [6.45, 7) is 12.1. The molecule has 1 fully saturated rings. The van der Waals surface area contributed by atoms with Gasteiger partial charge in [0.15, 0.2) is 5.78 Å². The molecule has 0 saturated heterocycles. The van der Waals surface area contributed by atoms with Crippen molar-refractivity contribution >= 4 is 23.7 Å². The zero-order chi connectivity index (χ0) is 21.7. The van der Waals surface area contributed by atoms with Crippen molar-refractivity contribution in [3.63, 3.8) is 0 Å². The van der Waals surface area contributed by atoms with Crippen molar-refractivity contribution in [2.45, 2.75) is 98.9 Å². The monoisotopic (exact) mass is 398 g/mol. The van der Waals surface area contributed by atoms with E-state index < -0.39 is 47.0 Å². The van der Waals surface area contributed by atoms with Crippen molar-refractivity contribution in [1.29, 1.82) is 0 Å². The Labute approximate surface area is 167 Å². The first kappa shape index (κ1) is 24.1. The van der Waals surface area contributed by atoms with Crippen LogP contribution in [-0.2, 0) is 33.4 Å². The third kappa shape index (κ3) is 5.55. The van der Waals surface area contributed by atoms with E-state index in [-0.39, 0.29) is 25.0 Å². The lowest BCUT2D eigenvalue weighted by atomic mass is 9.75. The summed E-state index contributed by atoms with van der Waals surface area (Å²) in [6, 6.07) is 0. The van der Waals surface area contributed by atoms with Crippen molar-refractivity contribution in [3.05, 3.63) is 0 Å². The van der Waals surface area contributed by atoms with Gasteiger partial charge in [-0.25, -0.2) is 0 Å². The average molecular weight is 398 g/mol. The molecule has 0 aromatic carbocycles. The summed E-state index contributed by atoms with van der Waals surface area (Å²) < 4.78 is 15.9. The highest BCUT2D eigenvalue weighted by molar-refractivity contribution is 6.10. The van der Waals surface area contributed by atoms with Crippen LogP contribution >= 0.6 is 0 Å². The van der Waals surface area contributed by atoms with Gasteiger partial charge in [-0.2, -0.15) is 0 Å². The van der Waals surface area contributed by atoms with Crippen LogP contribution < -0.4 is 0 Å². The van der Waals surface area contributed by atoms with Gasteiger partial charge in [0.25, 0.3) is 0 Å². The van der Waals surface area contributed by atoms with Crippen molar-refractivity contribution in [2.24, 2.45) is 10.8 Å². The molecule has 1 saturated carbocycles. The van der Waals surface area contributed by atoms with Crippen LogP contribution in [0.25, 0.3) is 0 Å². The molecule has 0 N–H and O–H groups in total. The fraction of sp³-hybridized carbons (Fsp3) is 0.810. The van der Waals surface area contributed by atoms with E-state index in [1.165, 1.54) is 0 Å². The maximum absolute atomic E-state index is 13.1. The molecule has 0 amide bonds. The van der Waals surface area contributed by atoms with Crippen LogP contribution in [0.1, 0.15) is 80.6 Å². The Hall–Kier alpha value is -1.92. The molecule has 160 valence electrons. The first-order valence-electron chi connectivity index (χ1n) is 10.0. The highest BCUT2D eigenvalue weighted by Crippen LogP contribution is 2.53. The summed E-state index contributed by atoms with van der Waals surface area (Å²) in [5.74, 6) is -2.40. The topological polar surface area (TPSA) is 96.0 Å². The summed E-state index contributed by atoms with van der Waals surface area (Å²) in [5, 5.41) is 0. The molecular weight excluding hydrogens is 364 g/mol. The Kier molecular flexibility index (Phi) is 8.20. The van der Waals surface area contributed by atoms with Crippen molar-refractivity contribution < 1.29 is 33.4 Å². The zero-order valence-electron chi connectivity index (χ0n) is 18.1. The van der Waals surface area contributed by atoms with Crippen LogP contribution in [-0.4, -0.2) is 42.0 Å². The Morgan fingerprint density at radius 1 is 0.893 bits per heavy atom. The lowest BCUT2D eigenvalue weighted by Crippen LogP contribution is -2.42. The van der Waals surface area contributed by atoms with Crippen molar-refractivity contribution in [1.82, 2.24) is 0 Å². The van der Waals surface area contributed by atoms with Gasteiger partial charge in [-0.3, -0.25) is 19.2 Å². The van der Waals surface area contributed by atoms with Gasteiger partial charge >= 0.3 is 17.9 Å². The molecule has 28 heavy (non-hydrogen) atoms. The zero-order valence-corrected chi connectivity index (χ0v) is 18.1. The lowest BCUT2D eigenvalue weighted by molar-refractivity contribution is -0.171. The third-order valence-corrected chi connectivity index (χ3v) is 4.72. The van der Waals surface area contributed by atoms with Crippen LogP contribution in [0, 0.1) is 10.8 Å². The number of ether oxygens (including phenoxy) is 3. The fourth-order valence-electron chi connectivity index (χ4n) is 3.75. The molecule has 0 radical (unpaired) electrons. The van der Waals surface area contributed by atoms with Gasteiger partial charge in [-0.05, 0) is 54.4 Å². The second kappa shape index (κ2) is 9.52. The van der Waals surface area contributed by atoms with Crippen LogP contribution in [0.5, 0.6) is 0 Å². The normalized spacial score (nSPS) is 24.7. The van der Waals surface area contributed by atoms with Gasteiger partial charge in [0.05, 0.1) is 30.1 Å². The molecule has 0 aliphatic heterocycles. The van der Waals surface area contributed by atoms with E-state index in [1.807, 2.05) is 6.92 Å². The summed E-state index contributed by atoms with van der Waals surface area (Å²) in [6.07, 6.45) is -0.844. The second-order valence-corrected chi connectivity index (χ2v) is 8.51. The van der Waals surface area contributed by atoms with Gasteiger partial charge in [0, 0.05) is 6.42 Å². The number of carbonyl (C=O) groups excluding carboxylic acids is 4. The number of hydrogen-bond donors (Lipinski definition) is 0. The second-order valence-electron chi connectivity index (χ2n) is 8.51. The Balaban J connectivity index is 3.33. The Morgan fingerprint density at radius 3 is 1.86 bits per heavy atom. The number of carbonyl (C=O) groups is 4. The Bertz CT molecular complexity index is 608. The number of ketones is 1. The van der Waals surface area contributed by atoms with E-state index in [0.717, 1.165) is 0 Å². The molecule has 0 spiro atoms. The van der Waals surface area contributed by atoms with E-state index in [0.29, 0.717) is 12.8 Å². The third-order valence-electron chi connectivity index (χ3n) is 4.72. The largest absolute Gasteiger partial charge is 0.463 e. The molecule has 1 aliphatic rings. The maximum Gasteiger partial charge on any atom is 0.320 e. The summed E-state index contributed by atoms with van der Waals surface area (Å²) in [4.78, 5) is 51.3. The van der Waals surface area contributed by atoms with Crippen molar-refractivity contribution in [2.75, 3.05) is 0 Å². The standard InChI is InChI=1S/C21H34O7/c1-8-9-20(18(24)27-14(4)5)10-16(22)21(12-20,19(25)28-15(6)7)11-17(23)26-13(2)3/h13-15H,8-12H2,1-7H3. The minimum atomic E-state index is -1.72. The quantitative estimate of drug-likeness (QED) is 0.334. The van der Waals surface area contributed by atoms with E-state index in [9.17, 15) is 19.2 Å². The summed E-state index contributed by atoms with van der Waals surface area (Å²) in [5.41, 5.74) is -2.86. The molecule has 0 heterocycles. The minimum absolute atomic E-state index is 0.100. The number of Topliss-reactive ketones (excluding diaryl/α,β-unsaturated/α-hetero) is 1. The molecule has 0 bridgehead atoms. The van der Waals surface area contributed by atoms with Gasteiger partial charge in [-0.15, -0.1) is 0 Å². The predicted octanol–water partition coefficient (Wildman–Crippen LogP) is 3.37. The molecule has 1 aliphatic carbocycles. The van der Waals surface area contributed by atoms with Gasteiger partial charge in [0.2, 0.25) is 0 Å². The van der Waals surface area contributed by atoms with E-state index in [1.54, 1.807) is 41.5 Å². The molecule has 1 rings (SSSR count). The predicted molar refractivity (Wildman–Crippen MR) is 102 cm³/mol. The fourth-order valence-corrected chi connectivity index (χ4v) is 3.75. The number of hydrogen-bond acceptors (Lipinski definition) is 7. The lowest BCUT2D eigenvalue weighted by Gasteiger charge is -2.30. The first-order valence-corrected chi connectivity index (χ1v) is 10.0. The van der Waals surface area contributed by atoms with Gasteiger partial charge in [-0.1, -0.05) is 13.3 Å². The van der Waals surface area contributed by atoms with E-state index >= 15 is 0 Å². The molecule has 7 nitrogen and oxygen atoms in total. The summed E-state index contributed by atoms with van der Waals surface area (Å²) >= 11 is 0. The van der Waals surface area contributed by atoms with Crippen LogP contribution in [0.3, 0.4) is 0 Å². The summed E-state index contributed by atoms with van der Waals surface area (Å²) in [7, 11) is 0. The molecular formula is C21H34O7. The van der Waals surface area contributed by atoms with Crippen LogP contribution in [0.15, 0.2) is 0 Å². The van der Waals surface area contributed by atoms with Gasteiger partial charge < -0.3 is 14.2 Å². The maximum atomic E-state index is 13.1. The highest BCUT2D eigenvalue weighted by Gasteiger charge is 2.63. The van der Waals surface area contributed by atoms with Gasteiger partial charge in [0.1, 0.15) is 5.41 Å². The first-order chi connectivity index (χ1) is 12.9. The molecule has 7 heteroatoms. The Morgan fingerprint density at radius 2 is 1.39 bits per heavy atom. The minimum Gasteiger partial charge on any atom is -0.463 e. The molecule has 0 aromatic heterocycles. The SMILES string of the molecule is CCCC1(C(=O)OC(C)C)CC(=O)C(CC(=O)OC(C)C)(C(=O)OC(C)C)C1. The molecule has 0 aromatic rings. The van der Waals surface area contributed by atoms with E-state index in [4.69, 9.17) is 14.2 Å². The van der Waals surface area contributed by atoms with E-state index in [2.05, 4.69) is 0 Å². The van der Waals surface area contributed by atoms with Crippen molar-refractivity contribution in [3.8, 4) is 0 Å². The number of rotatable bonds is 9. The van der Waals surface area contributed by atoms with Crippen LogP contribution in [0.4, 0.5) is 0 Å². The molecule has 2 atom stereocenters. The number of esters is 3. The highest BCUT2D eigenvalue weighted by atomic mass is 16.6. The average Bonchev–Trinajstić information content (AvgIpc) is 2.79. The molecule has 2 unspecified atom stereocenters. The van der Waals surface area contributed by atoms with Crippen LogP contribution in [0.2, 0.25) is 0 Å².